The zero-order chi connectivity index (χ0) is 26.2. The molecule has 35 heavy (non-hydrogen) atoms. The summed E-state index contributed by atoms with van der Waals surface area (Å²) in [6.07, 6.45) is -0.644. The van der Waals surface area contributed by atoms with Gasteiger partial charge in [0.1, 0.15) is 12.1 Å². The van der Waals surface area contributed by atoms with Crippen molar-refractivity contribution < 1.29 is 29.1 Å². The van der Waals surface area contributed by atoms with E-state index in [1.54, 1.807) is 21.6 Å². The van der Waals surface area contributed by atoms with Gasteiger partial charge in [-0.3, -0.25) is 33.9 Å². The topological polar surface area (TPSA) is 221 Å². The van der Waals surface area contributed by atoms with Crippen LogP contribution in [0, 0.1) is 0 Å². The van der Waals surface area contributed by atoms with Crippen molar-refractivity contribution in [1.82, 2.24) is 26.2 Å². The largest absolute Gasteiger partial charge is 0.481 e. The molecule has 1 rings (SSSR count). The van der Waals surface area contributed by atoms with E-state index in [0.29, 0.717) is 5.75 Å². The lowest BCUT2D eigenvalue weighted by atomic mass is 10.2. The first-order valence-electron chi connectivity index (χ1n) is 10.6. The SMILES string of the molecule is NC(N)=NC[C@@H](NC(=O)CN1CCSSCC1)C(=O)NCC(=O)N[C@@H](CC(=O)O)C(=O)NCCS. The second-order valence-corrected chi connectivity index (χ2v) is 10.4. The normalized spacial score (nSPS) is 15.6. The minimum atomic E-state index is -1.33. The number of carboxylic acids is 1. The molecule has 1 aliphatic heterocycles. The minimum Gasteiger partial charge on any atom is -0.481 e. The van der Waals surface area contributed by atoms with Crippen LogP contribution in [0.2, 0.25) is 0 Å². The highest BCUT2D eigenvalue weighted by molar-refractivity contribution is 8.76. The van der Waals surface area contributed by atoms with E-state index in [1.165, 1.54) is 0 Å². The summed E-state index contributed by atoms with van der Waals surface area (Å²) in [7, 11) is 3.47. The molecule has 0 bridgehead atoms. The molecule has 9 N–H and O–H groups in total. The zero-order valence-corrected chi connectivity index (χ0v) is 21.6. The van der Waals surface area contributed by atoms with Crippen molar-refractivity contribution in [3.05, 3.63) is 0 Å². The molecule has 1 fully saturated rings. The average Bonchev–Trinajstić information content (AvgIpc) is 3.06. The summed E-state index contributed by atoms with van der Waals surface area (Å²) in [6.45, 7) is 0.923. The molecule has 1 aliphatic rings. The smallest absolute Gasteiger partial charge is 0.305 e. The highest BCUT2D eigenvalue weighted by Gasteiger charge is 2.25. The Bertz CT molecular complexity index is 775. The van der Waals surface area contributed by atoms with Crippen LogP contribution in [0.15, 0.2) is 4.99 Å². The highest BCUT2D eigenvalue weighted by Crippen LogP contribution is 2.23. The Labute approximate surface area is 216 Å². The molecule has 2 atom stereocenters. The predicted octanol–water partition coefficient (Wildman–Crippen LogP) is -3.44. The number of carboxylic acid groups (broad SMARTS) is 1. The quantitative estimate of drug-likeness (QED) is 0.0458. The molecule has 0 radical (unpaired) electrons. The van der Waals surface area contributed by atoms with Gasteiger partial charge >= 0.3 is 5.97 Å². The minimum absolute atomic E-state index is 0.0888. The maximum Gasteiger partial charge on any atom is 0.305 e. The number of hydrogen-bond donors (Lipinski definition) is 8. The molecule has 17 heteroatoms. The van der Waals surface area contributed by atoms with Gasteiger partial charge in [-0.2, -0.15) is 12.6 Å². The van der Waals surface area contributed by atoms with E-state index in [4.69, 9.17) is 16.6 Å². The van der Waals surface area contributed by atoms with Crippen LogP contribution in [0.4, 0.5) is 0 Å². The van der Waals surface area contributed by atoms with Gasteiger partial charge < -0.3 is 37.8 Å². The predicted molar refractivity (Wildman–Crippen MR) is 138 cm³/mol. The third-order valence-corrected chi connectivity index (χ3v) is 6.99. The van der Waals surface area contributed by atoms with Crippen LogP contribution in [-0.4, -0.2) is 114 Å². The first-order chi connectivity index (χ1) is 16.6. The summed E-state index contributed by atoms with van der Waals surface area (Å²) in [6, 6.07) is -2.49. The Morgan fingerprint density at radius 1 is 0.971 bits per heavy atom. The summed E-state index contributed by atoms with van der Waals surface area (Å²) in [4.78, 5) is 66.2. The Morgan fingerprint density at radius 2 is 1.57 bits per heavy atom. The number of guanidine groups is 1. The molecular weight excluding hydrogens is 520 g/mol. The Balaban J connectivity index is 2.68. The van der Waals surface area contributed by atoms with Crippen molar-refractivity contribution >= 4 is 69.8 Å². The fraction of sp³-hybridized carbons (Fsp3) is 0.667. The van der Waals surface area contributed by atoms with Crippen molar-refractivity contribution in [2.75, 3.05) is 56.5 Å². The third kappa shape index (κ3) is 13.9. The number of carbonyl (C=O) groups is 5. The molecule has 0 spiro atoms. The van der Waals surface area contributed by atoms with Gasteiger partial charge in [0, 0.05) is 36.9 Å². The van der Waals surface area contributed by atoms with E-state index in [2.05, 4.69) is 38.9 Å². The van der Waals surface area contributed by atoms with Crippen molar-refractivity contribution in [1.29, 1.82) is 0 Å². The second-order valence-electron chi connectivity index (χ2n) is 7.26. The van der Waals surface area contributed by atoms with Gasteiger partial charge in [-0.05, 0) is 0 Å². The van der Waals surface area contributed by atoms with E-state index in [1.807, 2.05) is 4.90 Å². The molecule has 14 nitrogen and oxygen atoms in total. The molecule has 1 saturated heterocycles. The van der Waals surface area contributed by atoms with Crippen LogP contribution in [0.3, 0.4) is 0 Å². The summed E-state index contributed by atoms with van der Waals surface area (Å²) in [5.41, 5.74) is 10.7. The average molecular weight is 553 g/mol. The first-order valence-corrected chi connectivity index (χ1v) is 13.7. The number of nitrogens with one attached hydrogen (secondary N) is 4. The number of aliphatic carboxylic acids is 1. The monoisotopic (exact) mass is 552 g/mol. The zero-order valence-electron chi connectivity index (χ0n) is 19.0. The first kappa shape index (κ1) is 30.7. The number of amides is 4. The van der Waals surface area contributed by atoms with Gasteiger partial charge in [0.25, 0.3) is 0 Å². The molecule has 0 aromatic carbocycles. The Kier molecular flexibility index (Phi) is 15.0. The molecule has 0 aromatic rings. The van der Waals surface area contributed by atoms with Gasteiger partial charge in [-0.15, -0.1) is 0 Å². The number of hydrogen-bond acceptors (Lipinski definition) is 10. The second kappa shape index (κ2) is 17.1. The number of thiol groups is 1. The van der Waals surface area contributed by atoms with Crippen molar-refractivity contribution in [3.8, 4) is 0 Å². The van der Waals surface area contributed by atoms with Crippen LogP contribution in [0.25, 0.3) is 0 Å². The summed E-state index contributed by atoms with van der Waals surface area (Å²) in [5.74, 6) is -2.10. The number of aliphatic imine (C=N–C) groups is 1. The van der Waals surface area contributed by atoms with Crippen LogP contribution in [0.1, 0.15) is 6.42 Å². The summed E-state index contributed by atoms with van der Waals surface area (Å²) < 4.78 is 0. The molecule has 198 valence electrons. The molecule has 0 saturated carbocycles. The van der Waals surface area contributed by atoms with Crippen molar-refractivity contribution in [2.24, 2.45) is 16.5 Å². The highest BCUT2D eigenvalue weighted by atomic mass is 33.1. The van der Waals surface area contributed by atoms with Crippen LogP contribution in [-0.2, 0) is 24.0 Å². The maximum absolute atomic E-state index is 12.6. The number of nitrogens with two attached hydrogens (primary N) is 2. The molecule has 4 amide bonds. The van der Waals surface area contributed by atoms with E-state index in [9.17, 15) is 24.0 Å². The van der Waals surface area contributed by atoms with Crippen LogP contribution in [0.5, 0.6) is 0 Å². The van der Waals surface area contributed by atoms with Crippen molar-refractivity contribution in [3.63, 3.8) is 0 Å². The molecular formula is C18H32N8O6S3. The molecule has 0 aromatic heterocycles. The van der Waals surface area contributed by atoms with Gasteiger partial charge in [-0.1, -0.05) is 21.6 Å². The fourth-order valence-electron chi connectivity index (χ4n) is 2.78. The number of nitrogens with zero attached hydrogens (tertiary/aromatic N) is 2. The number of carbonyl (C=O) groups excluding carboxylic acids is 4. The van der Waals surface area contributed by atoms with E-state index < -0.39 is 54.6 Å². The Hall–Kier alpha value is -2.37. The van der Waals surface area contributed by atoms with Gasteiger partial charge in [0.2, 0.25) is 23.6 Å². The van der Waals surface area contributed by atoms with Crippen LogP contribution >= 0.6 is 34.2 Å². The van der Waals surface area contributed by atoms with E-state index >= 15 is 0 Å². The summed E-state index contributed by atoms with van der Waals surface area (Å²) >= 11 is 3.95. The lowest BCUT2D eigenvalue weighted by Crippen LogP contribution is -2.54. The standard InChI is InChI=1S/C18H32N8O6S3/c19-18(20)23-8-12(25-14(28)10-26-2-5-34-35-6-3-26)17(32)22-9-13(27)24-11(7-15(29)30)16(31)21-1-4-33/h11-12,33H,1-10H2,(H,21,31)(H,22,32)(H,24,27)(H,25,28)(H,29,30)(H4,19,20,23)/t11-,12+/m0/s1. The fourth-order valence-corrected chi connectivity index (χ4v) is 4.94. The van der Waals surface area contributed by atoms with E-state index in [0.717, 1.165) is 24.6 Å². The lowest BCUT2D eigenvalue weighted by Gasteiger charge is -2.22. The van der Waals surface area contributed by atoms with Gasteiger partial charge in [-0.25, -0.2) is 0 Å². The van der Waals surface area contributed by atoms with Gasteiger partial charge in [0.15, 0.2) is 5.96 Å². The molecule has 0 unspecified atom stereocenters. The van der Waals surface area contributed by atoms with Crippen LogP contribution < -0.4 is 32.7 Å². The molecule has 0 aliphatic carbocycles. The van der Waals surface area contributed by atoms with Gasteiger partial charge in [0.05, 0.1) is 26.1 Å². The summed E-state index contributed by atoms with van der Waals surface area (Å²) in [5, 5.41) is 18.6. The molecule has 1 heterocycles. The lowest BCUT2D eigenvalue weighted by molar-refractivity contribution is -0.140. The van der Waals surface area contributed by atoms with E-state index in [-0.39, 0.29) is 25.6 Å². The van der Waals surface area contributed by atoms with Crippen molar-refractivity contribution in [2.45, 2.75) is 18.5 Å². The Morgan fingerprint density at radius 3 is 2.14 bits per heavy atom. The number of rotatable bonds is 14. The maximum atomic E-state index is 12.6. The third-order valence-electron chi connectivity index (χ3n) is 4.41.